The average Bonchev–Trinajstić information content (AvgIpc) is 1.80. The molecule has 0 fully saturated rings. The molecule has 1 atom stereocenters. The van der Waals surface area contributed by atoms with Gasteiger partial charge in [-0.3, -0.25) is 5.43 Å². The largest absolute Gasteiger partial charge is 0.371 e. The number of hydrogen-bond acceptors (Lipinski definition) is 2. The summed E-state index contributed by atoms with van der Waals surface area (Å²) in [6, 6.07) is 0. The SMILES string of the molecule is CC1=NNC(=N)[NH+](C)[N-]1. The number of amidine groups is 1. The van der Waals surface area contributed by atoms with Crippen LogP contribution in [0.25, 0.3) is 5.43 Å². The monoisotopic (exact) mass is 127 g/mol. The van der Waals surface area contributed by atoms with Crippen molar-refractivity contribution in [3.63, 3.8) is 0 Å². The van der Waals surface area contributed by atoms with E-state index in [1.54, 1.807) is 14.0 Å². The highest BCUT2D eigenvalue weighted by Gasteiger charge is 2.06. The number of nitrogens with one attached hydrogen (secondary N) is 3. The van der Waals surface area contributed by atoms with E-state index in [1.165, 1.54) is 0 Å². The molecule has 1 aliphatic rings. The molecule has 0 aromatic rings. The topological polar surface area (TPSA) is 66.8 Å². The molecule has 0 radical (unpaired) electrons. The van der Waals surface area contributed by atoms with Crippen molar-refractivity contribution in [2.45, 2.75) is 6.92 Å². The minimum absolute atomic E-state index is 0.278. The van der Waals surface area contributed by atoms with Gasteiger partial charge in [-0.1, -0.05) is 0 Å². The Morgan fingerprint density at radius 3 is 2.89 bits per heavy atom. The van der Waals surface area contributed by atoms with Gasteiger partial charge in [-0.15, -0.1) is 0 Å². The number of hydrazone groups is 1. The maximum atomic E-state index is 7.14. The van der Waals surface area contributed by atoms with E-state index in [0.717, 1.165) is 0 Å². The lowest BCUT2D eigenvalue weighted by atomic mass is 10.7. The number of guanidine groups is 1. The summed E-state index contributed by atoms with van der Waals surface area (Å²) >= 11 is 0. The van der Waals surface area contributed by atoms with Crippen LogP contribution in [0.15, 0.2) is 5.10 Å². The minimum atomic E-state index is 0.278. The van der Waals surface area contributed by atoms with E-state index in [1.807, 2.05) is 0 Å². The molecule has 0 aliphatic carbocycles. The first-order valence-corrected chi connectivity index (χ1v) is 2.64. The first-order valence-electron chi connectivity index (χ1n) is 2.64. The normalized spacial score (nSPS) is 26.2. The molecular weight excluding hydrogens is 118 g/mol. The van der Waals surface area contributed by atoms with Crippen LogP contribution in [0.4, 0.5) is 0 Å². The van der Waals surface area contributed by atoms with Crippen molar-refractivity contribution in [2.75, 3.05) is 7.05 Å². The van der Waals surface area contributed by atoms with Gasteiger partial charge in [-0.05, 0) is 12.8 Å². The fourth-order valence-corrected chi connectivity index (χ4v) is 0.541. The van der Waals surface area contributed by atoms with Gasteiger partial charge < -0.3 is 10.5 Å². The molecule has 0 bridgehead atoms. The van der Waals surface area contributed by atoms with Crippen molar-refractivity contribution in [1.82, 2.24) is 5.43 Å². The van der Waals surface area contributed by atoms with E-state index < -0.39 is 0 Å². The molecule has 0 saturated carbocycles. The van der Waals surface area contributed by atoms with E-state index in [2.05, 4.69) is 16.0 Å². The molecule has 1 aliphatic heterocycles. The Hall–Kier alpha value is -1.10. The van der Waals surface area contributed by atoms with Crippen molar-refractivity contribution >= 4 is 11.8 Å². The number of hydrogen-bond donors (Lipinski definition) is 3. The van der Waals surface area contributed by atoms with Crippen molar-refractivity contribution < 1.29 is 5.01 Å². The van der Waals surface area contributed by atoms with Gasteiger partial charge in [0, 0.05) is 0 Å². The zero-order chi connectivity index (χ0) is 6.85. The third-order valence-corrected chi connectivity index (χ3v) is 1.02. The number of quaternary nitrogens is 1. The molecule has 50 valence electrons. The second-order valence-electron chi connectivity index (χ2n) is 1.84. The highest BCUT2D eigenvalue weighted by molar-refractivity contribution is 5.93. The molecule has 0 aromatic carbocycles. The Morgan fingerprint density at radius 1 is 1.78 bits per heavy atom. The first kappa shape index (κ1) is 6.03. The highest BCUT2D eigenvalue weighted by Crippen LogP contribution is 1.81. The van der Waals surface area contributed by atoms with Gasteiger partial charge in [0.05, 0.1) is 7.05 Å². The molecule has 1 rings (SSSR count). The highest BCUT2D eigenvalue weighted by atomic mass is 15.6. The van der Waals surface area contributed by atoms with Crippen LogP contribution in [0.3, 0.4) is 0 Å². The summed E-state index contributed by atoms with van der Waals surface area (Å²) in [7, 11) is 1.77. The molecule has 3 N–H and O–H groups in total. The van der Waals surface area contributed by atoms with Crippen LogP contribution in [0, 0.1) is 5.41 Å². The second kappa shape index (κ2) is 2.02. The van der Waals surface area contributed by atoms with Crippen LogP contribution in [-0.2, 0) is 0 Å². The molecular formula is C4H9N5. The smallest absolute Gasteiger partial charge is 0.306 e. The van der Waals surface area contributed by atoms with Crippen molar-refractivity contribution in [3.8, 4) is 0 Å². The van der Waals surface area contributed by atoms with Crippen LogP contribution < -0.4 is 10.4 Å². The van der Waals surface area contributed by atoms with E-state index in [-0.39, 0.29) is 5.96 Å². The Morgan fingerprint density at radius 2 is 2.44 bits per heavy atom. The Bertz CT molecular complexity index is 160. The maximum Gasteiger partial charge on any atom is 0.306 e. The molecule has 1 unspecified atom stereocenters. The average molecular weight is 127 g/mol. The molecule has 0 saturated heterocycles. The van der Waals surface area contributed by atoms with Gasteiger partial charge in [0.2, 0.25) is 0 Å². The van der Waals surface area contributed by atoms with Gasteiger partial charge in [0.15, 0.2) is 0 Å². The molecule has 5 nitrogen and oxygen atoms in total. The second-order valence-corrected chi connectivity index (χ2v) is 1.84. The van der Waals surface area contributed by atoms with E-state index in [0.29, 0.717) is 10.8 Å². The summed E-state index contributed by atoms with van der Waals surface area (Å²) in [4.78, 5) is 0. The zero-order valence-electron chi connectivity index (χ0n) is 5.39. The molecule has 5 heteroatoms. The van der Waals surface area contributed by atoms with E-state index in [9.17, 15) is 0 Å². The predicted molar refractivity (Wildman–Crippen MR) is 34.2 cm³/mol. The van der Waals surface area contributed by atoms with Crippen molar-refractivity contribution in [1.29, 1.82) is 5.41 Å². The summed E-state index contributed by atoms with van der Waals surface area (Å²) in [5.41, 5.74) is 6.47. The van der Waals surface area contributed by atoms with E-state index >= 15 is 0 Å². The lowest BCUT2D eigenvalue weighted by Gasteiger charge is -2.26. The summed E-state index contributed by atoms with van der Waals surface area (Å²) in [6.45, 7) is 1.78. The van der Waals surface area contributed by atoms with Gasteiger partial charge >= 0.3 is 5.96 Å². The van der Waals surface area contributed by atoms with Crippen molar-refractivity contribution in [2.24, 2.45) is 5.10 Å². The van der Waals surface area contributed by atoms with E-state index in [4.69, 9.17) is 5.41 Å². The fraction of sp³-hybridized carbons (Fsp3) is 0.500. The van der Waals surface area contributed by atoms with Crippen LogP contribution in [0.1, 0.15) is 6.92 Å². The summed E-state index contributed by atoms with van der Waals surface area (Å²) in [6.07, 6.45) is 0. The minimum Gasteiger partial charge on any atom is -0.371 e. The molecule has 0 amide bonds. The lowest BCUT2D eigenvalue weighted by Crippen LogP contribution is -3.10. The Kier molecular flexibility index (Phi) is 1.35. The van der Waals surface area contributed by atoms with Gasteiger partial charge in [0.1, 0.15) is 0 Å². The third kappa shape index (κ3) is 1.17. The lowest BCUT2D eigenvalue weighted by molar-refractivity contribution is -0.737. The standard InChI is InChI=1S/C4H9N5/c1-3-6-7-4(5)9(2)8-3/h9H,1-2H3,(H2-,5,6,7,8). The van der Waals surface area contributed by atoms with Crippen LogP contribution in [-0.4, -0.2) is 18.8 Å². The molecule has 9 heavy (non-hydrogen) atoms. The predicted octanol–water partition coefficient (Wildman–Crippen LogP) is -1.34. The summed E-state index contributed by atoms with van der Waals surface area (Å²) < 4.78 is 0. The zero-order valence-corrected chi connectivity index (χ0v) is 5.39. The maximum absolute atomic E-state index is 7.14. The van der Waals surface area contributed by atoms with Crippen LogP contribution in [0.2, 0.25) is 0 Å². The van der Waals surface area contributed by atoms with Crippen LogP contribution in [0.5, 0.6) is 0 Å². The van der Waals surface area contributed by atoms with Gasteiger partial charge in [-0.25, -0.2) is 10.4 Å². The Balaban J connectivity index is 2.65. The van der Waals surface area contributed by atoms with Crippen molar-refractivity contribution in [3.05, 3.63) is 5.43 Å². The molecule has 0 spiro atoms. The summed E-state index contributed by atoms with van der Waals surface area (Å²) in [5, 5.41) is 11.5. The third-order valence-electron chi connectivity index (χ3n) is 1.02. The summed E-state index contributed by atoms with van der Waals surface area (Å²) in [5.74, 6) is 0.948. The van der Waals surface area contributed by atoms with Gasteiger partial charge in [0.25, 0.3) is 0 Å². The number of rotatable bonds is 0. The number of nitrogens with zero attached hydrogens (tertiary/aromatic N) is 2. The quantitative estimate of drug-likeness (QED) is 0.370. The fourth-order valence-electron chi connectivity index (χ4n) is 0.541. The first-order chi connectivity index (χ1) is 4.20. The Labute approximate surface area is 53.2 Å². The molecule has 1 heterocycles. The van der Waals surface area contributed by atoms with Crippen LogP contribution >= 0.6 is 0 Å². The van der Waals surface area contributed by atoms with Gasteiger partial charge in [-0.2, -0.15) is 0 Å². The molecule has 0 aromatic heterocycles.